The molecule has 1 aromatic heterocycles. The Morgan fingerprint density at radius 3 is 2.11 bits per heavy atom. The Morgan fingerprint density at radius 1 is 0.842 bits per heavy atom. The molecule has 94 valence electrons. The molecule has 0 bridgehead atoms. The number of benzene rings is 2. The van der Waals surface area contributed by atoms with E-state index in [9.17, 15) is 0 Å². The summed E-state index contributed by atoms with van der Waals surface area (Å²) in [6.07, 6.45) is 2.01. The molecule has 0 radical (unpaired) electrons. The van der Waals surface area contributed by atoms with Gasteiger partial charge in [0.05, 0.1) is 0 Å². The number of hydrogen-bond donors (Lipinski definition) is 0. The summed E-state index contributed by atoms with van der Waals surface area (Å²) in [6.45, 7) is 0. The molecule has 0 saturated heterocycles. The van der Waals surface area contributed by atoms with Crippen LogP contribution in [0.3, 0.4) is 0 Å². The molecule has 0 atom stereocenters. The molecule has 19 heavy (non-hydrogen) atoms. The Bertz CT molecular complexity index is 662. The van der Waals surface area contributed by atoms with Crippen molar-refractivity contribution in [2.45, 2.75) is 5.16 Å². The van der Waals surface area contributed by atoms with E-state index in [0.717, 1.165) is 22.2 Å². The van der Waals surface area contributed by atoms with E-state index in [1.165, 1.54) is 0 Å². The molecule has 3 aromatic rings. The summed E-state index contributed by atoms with van der Waals surface area (Å²) in [4.78, 5) is 0. The zero-order valence-corrected chi connectivity index (χ0v) is 11.3. The van der Waals surface area contributed by atoms with Gasteiger partial charge in [0.2, 0.25) is 0 Å². The van der Waals surface area contributed by atoms with E-state index in [1.807, 2.05) is 54.8 Å². The lowest BCUT2D eigenvalue weighted by Crippen LogP contribution is -1.98. The van der Waals surface area contributed by atoms with Crippen LogP contribution in [0.4, 0.5) is 0 Å². The normalized spacial score (nSPS) is 10.6. The summed E-state index contributed by atoms with van der Waals surface area (Å²) in [5.74, 6) is 0.871. The minimum atomic E-state index is 0.871. The van der Waals surface area contributed by atoms with Crippen molar-refractivity contribution in [3.05, 3.63) is 60.7 Å². The Kier molecular flexibility index (Phi) is 3.33. The number of hydrogen-bond acceptors (Lipinski definition) is 3. The topological polar surface area (TPSA) is 30.7 Å². The Morgan fingerprint density at radius 2 is 1.47 bits per heavy atom. The zero-order valence-electron chi connectivity index (χ0n) is 10.5. The van der Waals surface area contributed by atoms with Crippen LogP contribution in [0.2, 0.25) is 0 Å². The van der Waals surface area contributed by atoms with Gasteiger partial charge in [-0.1, -0.05) is 60.3 Å². The first-order chi connectivity index (χ1) is 9.40. The van der Waals surface area contributed by atoms with Crippen molar-refractivity contribution in [3.63, 3.8) is 0 Å². The van der Waals surface area contributed by atoms with E-state index in [2.05, 4.69) is 26.9 Å². The Labute approximate surface area is 116 Å². The fourth-order valence-corrected chi connectivity index (χ4v) is 2.48. The molecule has 0 N–H and O–H groups in total. The van der Waals surface area contributed by atoms with Gasteiger partial charge in [0.15, 0.2) is 11.0 Å². The highest BCUT2D eigenvalue weighted by Crippen LogP contribution is 2.26. The molecule has 3 nitrogen and oxygen atoms in total. The van der Waals surface area contributed by atoms with Crippen LogP contribution in [-0.4, -0.2) is 21.0 Å². The monoisotopic (exact) mass is 267 g/mol. The van der Waals surface area contributed by atoms with Gasteiger partial charge in [-0.05, 0) is 18.4 Å². The Hall–Kier alpha value is -2.07. The fourth-order valence-electron chi connectivity index (χ4n) is 1.99. The highest BCUT2D eigenvalue weighted by Gasteiger charge is 2.14. The van der Waals surface area contributed by atoms with E-state index in [-0.39, 0.29) is 0 Å². The summed E-state index contributed by atoms with van der Waals surface area (Å²) >= 11 is 1.60. The minimum absolute atomic E-state index is 0.871. The van der Waals surface area contributed by atoms with Crippen molar-refractivity contribution >= 4 is 11.8 Å². The average molecular weight is 267 g/mol. The third kappa shape index (κ3) is 2.27. The maximum absolute atomic E-state index is 4.33. The van der Waals surface area contributed by atoms with Gasteiger partial charge in [0, 0.05) is 11.3 Å². The van der Waals surface area contributed by atoms with Crippen molar-refractivity contribution in [1.82, 2.24) is 14.8 Å². The maximum atomic E-state index is 4.33. The zero-order chi connectivity index (χ0) is 13.1. The van der Waals surface area contributed by atoms with E-state index < -0.39 is 0 Å². The van der Waals surface area contributed by atoms with Crippen LogP contribution in [0.25, 0.3) is 17.1 Å². The molecule has 0 saturated carbocycles. The molecule has 1 heterocycles. The minimum Gasteiger partial charge on any atom is -0.270 e. The van der Waals surface area contributed by atoms with Crippen molar-refractivity contribution in [2.75, 3.05) is 6.26 Å². The van der Waals surface area contributed by atoms with Crippen LogP contribution in [-0.2, 0) is 0 Å². The molecule has 2 aromatic carbocycles. The first-order valence-electron chi connectivity index (χ1n) is 6.00. The van der Waals surface area contributed by atoms with Crippen LogP contribution in [0.1, 0.15) is 0 Å². The van der Waals surface area contributed by atoms with E-state index >= 15 is 0 Å². The van der Waals surface area contributed by atoms with Gasteiger partial charge in [-0.2, -0.15) is 0 Å². The summed E-state index contributed by atoms with van der Waals surface area (Å²) in [5.41, 5.74) is 2.15. The lowest BCUT2D eigenvalue weighted by atomic mass is 10.2. The molecule has 0 aliphatic carbocycles. The molecule has 0 fully saturated rings. The van der Waals surface area contributed by atoms with Gasteiger partial charge in [-0.3, -0.25) is 4.57 Å². The Balaban J connectivity index is 2.20. The quantitative estimate of drug-likeness (QED) is 0.679. The van der Waals surface area contributed by atoms with Gasteiger partial charge in [0.25, 0.3) is 0 Å². The molecule has 0 aliphatic rings. The van der Waals surface area contributed by atoms with E-state index in [1.54, 1.807) is 11.8 Å². The van der Waals surface area contributed by atoms with Crippen LogP contribution >= 0.6 is 11.8 Å². The van der Waals surface area contributed by atoms with Crippen molar-refractivity contribution in [3.8, 4) is 17.1 Å². The van der Waals surface area contributed by atoms with Crippen molar-refractivity contribution in [2.24, 2.45) is 0 Å². The fraction of sp³-hybridized carbons (Fsp3) is 0.0667. The molecule has 4 heteroatoms. The van der Waals surface area contributed by atoms with Crippen LogP contribution in [0, 0.1) is 0 Å². The molecule has 0 aliphatic heterocycles. The summed E-state index contributed by atoms with van der Waals surface area (Å²) < 4.78 is 2.08. The SMILES string of the molecule is CSc1nnc(-c2ccccc2)n1-c1ccccc1. The number of thioether (sulfide) groups is 1. The molecular weight excluding hydrogens is 254 g/mol. The first kappa shape index (κ1) is 12.0. The predicted molar refractivity (Wildman–Crippen MR) is 78.6 cm³/mol. The van der Waals surface area contributed by atoms with Gasteiger partial charge in [0.1, 0.15) is 0 Å². The number of para-hydroxylation sites is 1. The van der Waals surface area contributed by atoms with Gasteiger partial charge < -0.3 is 0 Å². The van der Waals surface area contributed by atoms with Crippen molar-refractivity contribution < 1.29 is 0 Å². The van der Waals surface area contributed by atoms with Crippen LogP contribution < -0.4 is 0 Å². The number of nitrogens with zero attached hydrogens (tertiary/aromatic N) is 3. The second-order valence-electron chi connectivity index (χ2n) is 4.05. The number of aromatic nitrogens is 3. The van der Waals surface area contributed by atoms with Gasteiger partial charge in [-0.15, -0.1) is 10.2 Å². The lowest BCUT2D eigenvalue weighted by Gasteiger charge is -2.08. The second-order valence-corrected chi connectivity index (χ2v) is 4.82. The third-order valence-corrected chi connectivity index (χ3v) is 3.49. The smallest absolute Gasteiger partial charge is 0.195 e. The standard InChI is InChI=1S/C15H13N3S/c1-19-15-17-16-14(12-8-4-2-5-9-12)18(15)13-10-6-3-7-11-13/h2-11H,1H3. The average Bonchev–Trinajstić information content (AvgIpc) is 2.93. The van der Waals surface area contributed by atoms with Gasteiger partial charge in [-0.25, -0.2) is 0 Å². The third-order valence-electron chi connectivity index (χ3n) is 2.86. The molecule has 3 rings (SSSR count). The van der Waals surface area contributed by atoms with Crippen LogP contribution in [0.15, 0.2) is 65.8 Å². The maximum Gasteiger partial charge on any atom is 0.195 e. The highest BCUT2D eigenvalue weighted by molar-refractivity contribution is 7.98. The molecule has 0 amide bonds. The van der Waals surface area contributed by atoms with Gasteiger partial charge >= 0.3 is 0 Å². The first-order valence-corrected chi connectivity index (χ1v) is 7.23. The number of rotatable bonds is 3. The molecule has 0 spiro atoms. The molecule has 0 unspecified atom stereocenters. The van der Waals surface area contributed by atoms with E-state index in [0.29, 0.717) is 0 Å². The largest absolute Gasteiger partial charge is 0.270 e. The molecular formula is C15H13N3S. The second kappa shape index (κ2) is 5.28. The predicted octanol–water partition coefficient (Wildman–Crippen LogP) is 3.66. The van der Waals surface area contributed by atoms with E-state index in [4.69, 9.17) is 0 Å². The summed E-state index contributed by atoms with van der Waals surface area (Å²) in [7, 11) is 0. The lowest BCUT2D eigenvalue weighted by molar-refractivity contribution is 0.889. The van der Waals surface area contributed by atoms with Crippen molar-refractivity contribution in [1.29, 1.82) is 0 Å². The summed E-state index contributed by atoms with van der Waals surface area (Å²) in [6, 6.07) is 20.3. The highest BCUT2D eigenvalue weighted by atomic mass is 32.2. The van der Waals surface area contributed by atoms with Crippen LogP contribution in [0.5, 0.6) is 0 Å². The summed E-state index contributed by atoms with van der Waals surface area (Å²) in [5, 5.41) is 9.48.